The van der Waals surface area contributed by atoms with Crippen LogP contribution in [-0.4, -0.2) is 39.4 Å². The number of carbonyl (C=O) groups excluding carboxylic acids is 2. The van der Waals surface area contributed by atoms with Crippen molar-refractivity contribution in [3.63, 3.8) is 0 Å². The second-order valence-electron chi connectivity index (χ2n) is 5.54. The van der Waals surface area contributed by atoms with E-state index in [1.54, 1.807) is 55.6 Å². The molecule has 2 aromatic carbocycles. The summed E-state index contributed by atoms with van der Waals surface area (Å²) in [7, 11) is 4.51. The van der Waals surface area contributed by atoms with Crippen molar-refractivity contribution < 1.29 is 28.5 Å². The Bertz CT molecular complexity index is 749. The van der Waals surface area contributed by atoms with Crippen molar-refractivity contribution in [2.45, 2.75) is 19.1 Å². The molecule has 0 amide bonds. The van der Waals surface area contributed by atoms with E-state index in [0.29, 0.717) is 11.3 Å². The van der Waals surface area contributed by atoms with Gasteiger partial charge in [0.1, 0.15) is 11.5 Å². The monoisotopic (exact) mass is 358 g/mol. The predicted molar refractivity (Wildman–Crippen MR) is 95.6 cm³/mol. The van der Waals surface area contributed by atoms with Crippen LogP contribution in [0.5, 0.6) is 11.5 Å². The Morgan fingerprint density at radius 2 is 1.50 bits per heavy atom. The van der Waals surface area contributed by atoms with Crippen molar-refractivity contribution in [2.24, 2.45) is 0 Å². The Morgan fingerprint density at radius 1 is 0.885 bits per heavy atom. The summed E-state index contributed by atoms with van der Waals surface area (Å²) in [5.41, 5.74) is 0.977. The highest BCUT2D eigenvalue weighted by atomic mass is 16.7. The Balaban J connectivity index is 2.48. The number of methoxy groups -OCH3 is 3. The molecule has 0 bridgehead atoms. The van der Waals surface area contributed by atoms with Crippen molar-refractivity contribution in [2.75, 3.05) is 21.3 Å². The number of Topliss-reactive ketones (excluding diaryl/α,β-unsaturated/α-hetero) is 1. The molecule has 0 aliphatic heterocycles. The first-order valence-corrected chi connectivity index (χ1v) is 8.03. The number of carbonyl (C=O) groups is 2. The lowest BCUT2D eigenvalue weighted by Gasteiger charge is -2.25. The standard InChI is InChI=1S/C20H22O6/c1-13(21)26-17-8-6-5-7-16(17)19(22)18(20(24-3)25-4)14-9-11-15(23-2)12-10-14/h5-12,18,20H,1-4H3. The van der Waals surface area contributed by atoms with Gasteiger partial charge < -0.3 is 18.9 Å². The van der Waals surface area contributed by atoms with E-state index in [9.17, 15) is 9.59 Å². The lowest BCUT2D eigenvalue weighted by atomic mass is 9.89. The molecule has 26 heavy (non-hydrogen) atoms. The van der Waals surface area contributed by atoms with Gasteiger partial charge in [0.15, 0.2) is 12.1 Å². The van der Waals surface area contributed by atoms with Crippen molar-refractivity contribution in [3.05, 3.63) is 59.7 Å². The van der Waals surface area contributed by atoms with Crippen molar-refractivity contribution >= 4 is 11.8 Å². The number of esters is 1. The second kappa shape index (κ2) is 9.12. The number of hydrogen-bond acceptors (Lipinski definition) is 6. The first-order valence-electron chi connectivity index (χ1n) is 8.03. The Morgan fingerprint density at radius 3 is 2.04 bits per heavy atom. The van der Waals surface area contributed by atoms with Gasteiger partial charge in [0.2, 0.25) is 0 Å². The third-order valence-electron chi connectivity index (χ3n) is 3.90. The highest BCUT2D eigenvalue weighted by Crippen LogP contribution is 2.31. The maximum atomic E-state index is 13.3. The number of rotatable bonds is 8. The summed E-state index contributed by atoms with van der Waals surface area (Å²) in [6.45, 7) is 1.29. The molecular weight excluding hydrogens is 336 g/mol. The maximum absolute atomic E-state index is 13.3. The molecule has 1 atom stereocenters. The number of ether oxygens (including phenoxy) is 4. The molecule has 1 unspecified atom stereocenters. The maximum Gasteiger partial charge on any atom is 0.308 e. The van der Waals surface area contributed by atoms with Gasteiger partial charge in [0.25, 0.3) is 0 Å². The minimum atomic E-state index is -0.804. The molecule has 0 saturated heterocycles. The molecule has 0 aliphatic carbocycles. The summed E-state index contributed by atoms with van der Waals surface area (Å²) < 4.78 is 21.0. The lowest BCUT2D eigenvalue weighted by molar-refractivity contribution is -0.131. The zero-order valence-electron chi connectivity index (χ0n) is 15.2. The molecule has 0 saturated carbocycles. The molecular formula is C20H22O6. The third-order valence-corrected chi connectivity index (χ3v) is 3.90. The van der Waals surface area contributed by atoms with Crippen molar-refractivity contribution in [3.8, 4) is 11.5 Å². The van der Waals surface area contributed by atoms with Crippen LogP contribution >= 0.6 is 0 Å². The van der Waals surface area contributed by atoms with Gasteiger partial charge in [-0.25, -0.2) is 0 Å². The number of hydrogen-bond donors (Lipinski definition) is 0. The van der Waals surface area contributed by atoms with E-state index < -0.39 is 18.2 Å². The van der Waals surface area contributed by atoms with Crippen LogP contribution in [0.25, 0.3) is 0 Å². The molecule has 6 heteroatoms. The van der Waals surface area contributed by atoms with E-state index in [4.69, 9.17) is 18.9 Å². The minimum absolute atomic E-state index is 0.203. The van der Waals surface area contributed by atoms with Crippen LogP contribution in [0, 0.1) is 0 Å². The fraction of sp³-hybridized carbons (Fsp3) is 0.300. The summed E-state index contributed by atoms with van der Waals surface area (Å²) in [4.78, 5) is 24.6. The summed E-state index contributed by atoms with van der Waals surface area (Å²) >= 11 is 0. The van der Waals surface area contributed by atoms with E-state index in [1.165, 1.54) is 21.1 Å². The fourth-order valence-electron chi connectivity index (χ4n) is 2.69. The topological polar surface area (TPSA) is 71.1 Å². The van der Waals surface area contributed by atoms with Gasteiger partial charge in [-0.1, -0.05) is 24.3 Å². The highest BCUT2D eigenvalue weighted by molar-refractivity contribution is 6.04. The number of para-hydroxylation sites is 1. The quantitative estimate of drug-likeness (QED) is 0.312. The molecule has 0 fully saturated rings. The summed E-state index contributed by atoms with van der Waals surface area (Å²) in [6.07, 6.45) is -0.804. The molecule has 0 aliphatic rings. The van der Waals surface area contributed by atoms with Crippen LogP contribution in [0.1, 0.15) is 28.8 Å². The van der Waals surface area contributed by atoms with Gasteiger partial charge in [-0.3, -0.25) is 9.59 Å². The van der Waals surface area contributed by atoms with Gasteiger partial charge in [0, 0.05) is 21.1 Å². The average Bonchev–Trinajstić information content (AvgIpc) is 2.65. The molecule has 0 radical (unpaired) electrons. The zero-order valence-corrected chi connectivity index (χ0v) is 15.2. The van der Waals surface area contributed by atoms with Crippen LogP contribution in [-0.2, 0) is 14.3 Å². The van der Waals surface area contributed by atoms with Gasteiger partial charge in [-0.05, 0) is 29.8 Å². The van der Waals surface area contributed by atoms with E-state index in [1.807, 2.05) is 0 Å². The summed E-state index contributed by atoms with van der Waals surface area (Å²) in [5.74, 6) is -0.643. The molecule has 0 heterocycles. The fourth-order valence-corrected chi connectivity index (χ4v) is 2.69. The SMILES string of the molecule is COc1ccc(C(C(=O)c2ccccc2OC(C)=O)C(OC)OC)cc1. The smallest absolute Gasteiger partial charge is 0.308 e. The van der Waals surface area contributed by atoms with Gasteiger partial charge in [-0.15, -0.1) is 0 Å². The normalized spacial score (nSPS) is 11.9. The van der Waals surface area contributed by atoms with Crippen LogP contribution in [0.3, 0.4) is 0 Å². The molecule has 0 N–H and O–H groups in total. The first-order chi connectivity index (χ1) is 12.5. The Kier molecular flexibility index (Phi) is 6.89. The van der Waals surface area contributed by atoms with E-state index in [0.717, 1.165) is 0 Å². The Hall–Kier alpha value is -2.70. The van der Waals surface area contributed by atoms with Crippen LogP contribution < -0.4 is 9.47 Å². The largest absolute Gasteiger partial charge is 0.497 e. The minimum Gasteiger partial charge on any atom is -0.497 e. The summed E-state index contributed by atoms with van der Waals surface area (Å²) in [6, 6.07) is 13.7. The van der Waals surface area contributed by atoms with Crippen LogP contribution in [0.15, 0.2) is 48.5 Å². The first kappa shape index (κ1) is 19.6. The van der Waals surface area contributed by atoms with E-state index >= 15 is 0 Å². The average molecular weight is 358 g/mol. The van der Waals surface area contributed by atoms with E-state index in [2.05, 4.69) is 0 Å². The van der Waals surface area contributed by atoms with Crippen molar-refractivity contribution in [1.82, 2.24) is 0 Å². The van der Waals surface area contributed by atoms with Gasteiger partial charge in [0.05, 0.1) is 18.6 Å². The molecule has 138 valence electrons. The number of benzene rings is 2. The van der Waals surface area contributed by atoms with Crippen LogP contribution in [0.4, 0.5) is 0 Å². The zero-order chi connectivity index (χ0) is 19.1. The van der Waals surface area contributed by atoms with Gasteiger partial charge >= 0.3 is 5.97 Å². The van der Waals surface area contributed by atoms with Gasteiger partial charge in [-0.2, -0.15) is 0 Å². The molecule has 2 rings (SSSR count). The van der Waals surface area contributed by atoms with Crippen LogP contribution in [0.2, 0.25) is 0 Å². The number of ketones is 1. The highest BCUT2D eigenvalue weighted by Gasteiger charge is 2.33. The Labute approximate surface area is 152 Å². The summed E-state index contributed by atoms with van der Waals surface area (Å²) in [5, 5.41) is 0. The lowest BCUT2D eigenvalue weighted by Crippen LogP contribution is -2.30. The third kappa shape index (κ3) is 4.47. The molecule has 6 nitrogen and oxygen atoms in total. The predicted octanol–water partition coefficient (Wildman–Crippen LogP) is 3.21. The molecule has 0 spiro atoms. The van der Waals surface area contributed by atoms with E-state index in [-0.39, 0.29) is 17.1 Å². The molecule has 0 aromatic heterocycles. The second-order valence-corrected chi connectivity index (χ2v) is 5.54. The molecule has 2 aromatic rings. The van der Waals surface area contributed by atoms with Crippen molar-refractivity contribution in [1.29, 1.82) is 0 Å².